The van der Waals surface area contributed by atoms with Crippen molar-refractivity contribution in [2.45, 2.75) is 25.7 Å². The van der Waals surface area contributed by atoms with Crippen molar-refractivity contribution < 1.29 is 0 Å². The van der Waals surface area contributed by atoms with Crippen LogP contribution in [-0.2, 0) is 12.8 Å². The lowest BCUT2D eigenvalue weighted by atomic mass is 9.97. The van der Waals surface area contributed by atoms with Gasteiger partial charge in [-0.25, -0.2) is 9.97 Å². The first-order valence-corrected chi connectivity index (χ1v) is 11.2. The molecule has 0 aliphatic heterocycles. The van der Waals surface area contributed by atoms with Crippen LogP contribution in [0.5, 0.6) is 0 Å². The van der Waals surface area contributed by atoms with Gasteiger partial charge in [-0.2, -0.15) is 9.78 Å². The standard InChI is InChI=1S/C20H16ClN5OS2/c21-17-15(29-20(25-17)24-12-6-2-1-3-7-12)10-23-26-11-22-18-16(19(26)27)13-8-4-5-9-14(13)28-18/h1-3,6-7,10-11H,4-5,8-9H2,(H,24,25)/b23-10+. The fourth-order valence-electron chi connectivity index (χ4n) is 3.43. The minimum atomic E-state index is -0.131. The van der Waals surface area contributed by atoms with Gasteiger partial charge in [0.05, 0.1) is 16.5 Å². The van der Waals surface area contributed by atoms with Crippen molar-refractivity contribution in [3.8, 4) is 0 Å². The fourth-order valence-corrected chi connectivity index (χ4v) is 5.69. The Labute approximate surface area is 179 Å². The molecule has 5 rings (SSSR count). The van der Waals surface area contributed by atoms with Gasteiger partial charge >= 0.3 is 0 Å². The maximum atomic E-state index is 13.0. The van der Waals surface area contributed by atoms with Gasteiger partial charge in [-0.05, 0) is 43.4 Å². The summed E-state index contributed by atoms with van der Waals surface area (Å²) in [6.45, 7) is 0. The van der Waals surface area contributed by atoms with E-state index in [2.05, 4.69) is 20.4 Å². The summed E-state index contributed by atoms with van der Waals surface area (Å²) in [5.74, 6) is 0. The zero-order valence-electron chi connectivity index (χ0n) is 15.3. The van der Waals surface area contributed by atoms with Crippen LogP contribution in [0.25, 0.3) is 10.2 Å². The van der Waals surface area contributed by atoms with E-state index in [0.717, 1.165) is 35.3 Å². The fraction of sp³-hybridized carbons (Fsp3) is 0.200. The van der Waals surface area contributed by atoms with Crippen molar-refractivity contribution in [3.63, 3.8) is 0 Å². The third-order valence-corrected chi connectivity index (χ3v) is 7.30. The second-order valence-electron chi connectivity index (χ2n) is 6.70. The topological polar surface area (TPSA) is 72.2 Å². The van der Waals surface area contributed by atoms with Crippen LogP contribution in [0.3, 0.4) is 0 Å². The van der Waals surface area contributed by atoms with Crippen molar-refractivity contribution >= 4 is 61.5 Å². The Morgan fingerprint density at radius 3 is 2.86 bits per heavy atom. The molecule has 3 aromatic heterocycles. The molecular formula is C20H16ClN5OS2. The zero-order valence-corrected chi connectivity index (χ0v) is 17.7. The van der Waals surface area contributed by atoms with E-state index in [4.69, 9.17) is 11.6 Å². The quantitative estimate of drug-likeness (QED) is 0.448. The Hall–Kier alpha value is -2.55. The summed E-state index contributed by atoms with van der Waals surface area (Å²) in [6.07, 6.45) is 7.30. The highest BCUT2D eigenvalue weighted by atomic mass is 35.5. The molecule has 0 spiro atoms. The summed E-state index contributed by atoms with van der Waals surface area (Å²) < 4.78 is 1.28. The summed E-state index contributed by atoms with van der Waals surface area (Å²) in [7, 11) is 0. The molecule has 4 aromatic rings. The lowest BCUT2D eigenvalue weighted by Gasteiger charge is -2.09. The number of benzene rings is 1. The van der Waals surface area contributed by atoms with Crippen LogP contribution in [-0.4, -0.2) is 20.9 Å². The second kappa shape index (κ2) is 7.70. The van der Waals surface area contributed by atoms with Crippen LogP contribution < -0.4 is 10.9 Å². The predicted molar refractivity (Wildman–Crippen MR) is 120 cm³/mol. The molecule has 0 fully saturated rings. The van der Waals surface area contributed by atoms with Gasteiger partial charge in [-0.3, -0.25) is 4.79 Å². The molecule has 0 unspecified atom stereocenters. The summed E-state index contributed by atoms with van der Waals surface area (Å²) in [6, 6.07) is 9.73. The smallest absolute Gasteiger partial charge is 0.282 e. The molecule has 146 valence electrons. The summed E-state index contributed by atoms with van der Waals surface area (Å²) in [5.41, 5.74) is 1.95. The van der Waals surface area contributed by atoms with Crippen LogP contribution >= 0.6 is 34.3 Å². The largest absolute Gasteiger partial charge is 0.331 e. The number of aryl methyl sites for hydroxylation is 2. The Bertz CT molecular complexity index is 1280. The lowest BCUT2D eigenvalue weighted by molar-refractivity contribution is 0.699. The van der Waals surface area contributed by atoms with Crippen molar-refractivity contribution in [2.24, 2.45) is 5.10 Å². The van der Waals surface area contributed by atoms with Crippen LogP contribution in [0.2, 0.25) is 5.15 Å². The molecule has 0 saturated carbocycles. The first-order valence-electron chi connectivity index (χ1n) is 9.24. The van der Waals surface area contributed by atoms with Gasteiger partial charge in [0.15, 0.2) is 10.3 Å². The first-order chi connectivity index (χ1) is 14.2. The molecule has 3 heterocycles. The Morgan fingerprint density at radius 2 is 2.00 bits per heavy atom. The molecular weight excluding hydrogens is 426 g/mol. The van der Waals surface area contributed by atoms with Gasteiger partial charge in [0.1, 0.15) is 11.2 Å². The second-order valence-corrected chi connectivity index (χ2v) is 9.17. The van der Waals surface area contributed by atoms with Crippen molar-refractivity contribution in [1.82, 2.24) is 14.6 Å². The number of hydrogen-bond donors (Lipinski definition) is 1. The number of rotatable bonds is 4. The Balaban J connectivity index is 1.45. The number of hydrogen-bond acceptors (Lipinski definition) is 7. The van der Waals surface area contributed by atoms with Gasteiger partial charge in [0.25, 0.3) is 5.56 Å². The number of anilines is 2. The van der Waals surface area contributed by atoms with Crippen LogP contribution in [0.4, 0.5) is 10.8 Å². The predicted octanol–water partition coefficient (Wildman–Crippen LogP) is 5.07. The number of halogens is 1. The molecule has 0 radical (unpaired) electrons. The SMILES string of the molecule is O=c1c2c3c(sc2ncn1/N=C/c1sc(Nc2ccccc2)nc1Cl)CCCC3. The zero-order chi connectivity index (χ0) is 19.8. The van der Waals surface area contributed by atoms with Crippen molar-refractivity contribution in [3.05, 3.63) is 67.5 Å². The van der Waals surface area contributed by atoms with Gasteiger partial charge < -0.3 is 5.32 Å². The molecule has 0 amide bonds. The molecule has 0 bridgehead atoms. The number of para-hydroxylation sites is 1. The lowest BCUT2D eigenvalue weighted by Crippen LogP contribution is -2.17. The minimum Gasteiger partial charge on any atom is -0.331 e. The number of thiophene rings is 1. The van der Waals surface area contributed by atoms with Gasteiger partial charge in [-0.1, -0.05) is 41.1 Å². The monoisotopic (exact) mass is 441 g/mol. The number of thiazole rings is 1. The van der Waals surface area contributed by atoms with E-state index in [1.807, 2.05) is 30.3 Å². The van der Waals surface area contributed by atoms with Gasteiger partial charge in [0, 0.05) is 10.6 Å². The number of fused-ring (bicyclic) bond motifs is 3. The third-order valence-electron chi connectivity index (χ3n) is 4.79. The van der Waals surface area contributed by atoms with Crippen molar-refractivity contribution in [1.29, 1.82) is 0 Å². The highest BCUT2D eigenvalue weighted by Crippen LogP contribution is 2.33. The van der Waals surface area contributed by atoms with Gasteiger partial charge in [0.2, 0.25) is 0 Å². The maximum Gasteiger partial charge on any atom is 0.282 e. The normalized spacial score (nSPS) is 13.8. The van der Waals surface area contributed by atoms with E-state index >= 15 is 0 Å². The van der Waals surface area contributed by atoms with E-state index < -0.39 is 0 Å². The molecule has 1 aliphatic rings. The average molecular weight is 442 g/mol. The molecule has 0 atom stereocenters. The molecule has 1 aliphatic carbocycles. The van der Waals surface area contributed by atoms with Crippen LogP contribution in [0.1, 0.15) is 28.2 Å². The average Bonchev–Trinajstić information content (AvgIpc) is 3.28. The van der Waals surface area contributed by atoms with Crippen LogP contribution in [0, 0.1) is 0 Å². The molecule has 1 aromatic carbocycles. The van der Waals surface area contributed by atoms with Crippen molar-refractivity contribution in [2.75, 3.05) is 5.32 Å². The third kappa shape index (κ3) is 3.59. The van der Waals surface area contributed by atoms with E-state index in [0.29, 0.717) is 20.5 Å². The Morgan fingerprint density at radius 1 is 1.17 bits per heavy atom. The summed E-state index contributed by atoms with van der Waals surface area (Å²) in [5, 5.41) is 9.24. The minimum absolute atomic E-state index is 0.131. The maximum absolute atomic E-state index is 13.0. The van der Waals surface area contributed by atoms with E-state index in [9.17, 15) is 4.79 Å². The molecule has 1 N–H and O–H groups in total. The van der Waals surface area contributed by atoms with E-state index in [1.54, 1.807) is 17.6 Å². The number of nitrogens with one attached hydrogen (secondary N) is 1. The highest BCUT2D eigenvalue weighted by Gasteiger charge is 2.20. The van der Waals surface area contributed by atoms with Gasteiger partial charge in [-0.15, -0.1) is 11.3 Å². The molecule has 0 saturated heterocycles. The number of nitrogens with zero attached hydrogens (tertiary/aromatic N) is 4. The van der Waals surface area contributed by atoms with E-state index in [1.165, 1.54) is 33.6 Å². The molecule has 9 heteroatoms. The molecule has 6 nitrogen and oxygen atoms in total. The van der Waals surface area contributed by atoms with Crippen LogP contribution in [0.15, 0.2) is 46.6 Å². The summed E-state index contributed by atoms with van der Waals surface area (Å²) in [4.78, 5) is 24.5. The first kappa shape index (κ1) is 18.5. The number of aromatic nitrogens is 3. The summed E-state index contributed by atoms with van der Waals surface area (Å²) >= 11 is 9.26. The van der Waals surface area contributed by atoms with E-state index in [-0.39, 0.29) is 5.56 Å². The highest BCUT2D eigenvalue weighted by molar-refractivity contribution is 7.19. The molecule has 29 heavy (non-hydrogen) atoms. The Kier molecular flexibility index (Phi) is 4.91.